The summed E-state index contributed by atoms with van der Waals surface area (Å²) < 4.78 is 10.1. The van der Waals surface area contributed by atoms with E-state index in [1.54, 1.807) is 18.2 Å². The highest BCUT2D eigenvalue weighted by Crippen LogP contribution is 2.33. The molecule has 2 N–H and O–H groups in total. The number of carbonyl (C=O) groups excluding carboxylic acids is 1. The summed E-state index contributed by atoms with van der Waals surface area (Å²) in [5, 5.41) is 11.7. The number of anilines is 1. The smallest absolute Gasteiger partial charge is 0.337 e. The van der Waals surface area contributed by atoms with Crippen molar-refractivity contribution < 1.29 is 24.2 Å². The van der Waals surface area contributed by atoms with Crippen LogP contribution in [0, 0.1) is 0 Å². The molecular formula is C15H17NO5. The number of carboxylic acid groups (broad SMARTS) is 1. The van der Waals surface area contributed by atoms with Crippen molar-refractivity contribution in [2.45, 2.75) is 6.92 Å². The van der Waals surface area contributed by atoms with E-state index >= 15 is 0 Å². The summed E-state index contributed by atoms with van der Waals surface area (Å²) in [6.45, 7) is 1.82. The third kappa shape index (κ3) is 4.38. The standard InChI is InChI=1S/C15H17NO5/c1-4-5-6-7-14(17)16-11-9-13(21-3)12(20-2)8-10(11)15(18)19/h4-9H,1-3H3,(H,16,17)(H,18,19)/b5-4+,7-6+. The molecule has 6 nitrogen and oxygen atoms in total. The number of allylic oxidation sites excluding steroid dienone is 3. The first-order valence-electron chi connectivity index (χ1n) is 6.13. The molecule has 0 bridgehead atoms. The predicted octanol–water partition coefficient (Wildman–Crippen LogP) is 2.47. The van der Waals surface area contributed by atoms with Crippen molar-refractivity contribution in [2.75, 3.05) is 19.5 Å². The van der Waals surface area contributed by atoms with Gasteiger partial charge in [0.15, 0.2) is 11.5 Å². The highest BCUT2D eigenvalue weighted by Gasteiger charge is 2.17. The van der Waals surface area contributed by atoms with E-state index in [0.717, 1.165) is 0 Å². The zero-order valence-corrected chi connectivity index (χ0v) is 12.0. The van der Waals surface area contributed by atoms with Gasteiger partial charge in [0.1, 0.15) is 0 Å². The lowest BCUT2D eigenvalue weighted by atomic mass is 10.1. The van der Waals surface area contributed by atoms with Crippen molar-refractivity contribution >= 4 is 17.6 Å². The molecule has 0 spiro atoms. The summed E-state index contributed by atoms with van der Waals surface area (Å²) in [7, 11) is 2.83. The average molecular weight is 291 g/mol. The van der Waals surface area contributed by atoms with Crippen molar-refractivity contribution in [3.8, 4) is 11.5 Å². The van der Waals surface area contributed by atoms with Gasteiger partial charge in [0.05, 0.1) is 25.5 Å². The van der Waals surface area contributed by atoms with E-state index in [2.05, 4.69) is 5.32 Å². The fourth-order valence-electron chi connectivity index (χ4n) is 1.59. The maximum absolute atomic E-state index is 11.7. The predicted molar refractivity (Wildman–Crippen MR) is 79.1 cm³/mol. The molecule has 0 aliphatic carbocycles. The van der Waals surface area contributed by atoms with Crippen LogP contribution in [0.25, 0.3) is 0 Å². The summed E-state index contributed by atoms with van der Waals surface area (Å²) >= 11 is 0. The van der Waals surface area contributed by atoms with Gasteiger partial charge >= 0.3 is 5.97 Å². The van der Waals surface area contributed by atoms with Crippen molar-refractivity contribution in [1.82, 2.24) is 0 Å². The quantitative estimate of drug-likeness (QED) is 0.621. The Labute approximate surface area is 122 Å². The molecule has 21 heavy (non-hydrogen) atoms. The molecule has 1 aromatic carbocycles. The number of amides is 1. The minimum absolute atomic E-state index is 0.0829. The maximum Gasteiger partial charge on any atom is 0.337 e. The Hall–Kier alpha value is -2.76. The number of hydrogen-bond acceptors (Lipinski definition) is 4. The first-order valence-corrected chi connectivity index (χ1v) is 6.13. The molecule has 112 valence electrons. The molecule has 0 saturated heterocycles. The van der Waals surface area contributed by atoms with Crippen LogP contribution >= 0.6 is 0 Å². The number of carbonyl (C=O) groups is 2. The van der Waals surface area contributed by atoms with Crippen molar-refractivity contribution in [1.29, 1.82) is 0 Å². The van der Waals surface area contributed by atoms with Crippen LogP contribution in [0.1, 0.15) is 17.3 Å². The zero-order valence-electron chi connectivity index (χ0n) is 12.0. The van der Waals surface area contributed by atoms with Crippen LogP contribution in [-0.4, -0.2) is 31.2 Å². The molecule has 0 atom stereocenters. The summed E-state index contributed by atoms with van der Waals surface area (Å²) in [4.78, 5) is 23.0. The number of ether oxygens (including phenoxy) is 2. The molecule has 6 heteroatoms. The van der Waals surface area contributed by atoms with Crippen molar-refractivity contribution in [3.05, 3.63) is 42.0 Å². The number of benzene rings is 1. The van der Waals surface area contributed by atoms with Crippen LogP contribution in [0.4, 0.5) is 5.69 Å². The number of methoxy groups -OCH3 is 2. The van der Waals surface area contributed by atoms with Gasteiger partial charge in [0.25, 0.3) is 0 Å². The summed E-state index contributed by atoms with van der Waals surface area (Å²) in [5.41, 5.74) is 0.0516. The Morgan fingerprint density at radius 1 is 1.14 bits per heavy atom. The van der Waals surface area contributed by atoms with E-state index < -0.39 is 11.9 Å². The Bertz CT molecular complexity index is 590. The molecule has 1 aromatic rings. The summed E-state index contributed by atoms with van der Waals surface area (Å²) in [6.07, 6.45) is 6.30. The maximum atomic E-state index is 11.7. The lowest BCUT2D eigenvalue weighted by molar-refractivity contribution is -0.111. The third-order valence-electron chi connectivity index (χ3n) is 2.56. The SMILES string of the molecule is C/C=C/C=C/C(=O)Nc1cc(OC)c(OC)cc1C(=O)O. The molecule has 1 amide bonds. The van der Waals surface area contributed by atoms with Crippen LogP contribution in [0.3, 0.4) is 0 Å². The monoisotopic (exact) mass is 291 g/mol. The molecule has 1 rings (SSSR count). The second kappa shape index (κ2) is 7.74. The lowest BCUT2D eigenvalue weighted by Gasteiger charge is -2.12. The average Bonchev–Trinajstić information content (AvgIpc) is 2.46. The minimum Gasteiger partial charge on any atom is -0.493 e. The largest absolute Gasteiger partial charge is 0.493 e. The molecule has 0 fully saturated rings. The van der Waals surface area contributed by atoms with E-state index in [-0.39, 0.29) is 17.0 Å². The van der Waals surface area contributed by atoms with Gasteiger partial charge in [-0.2, -0.15) is 0 Å². The highest BCUT2D eigenvalue weighted by atomic mass is 16.5. The van der Waals surface area contributed by atoms with E-state index in [4.69, 9.17) is 9.47 Å². The second-order valence-corrected chi connectivity index (χ2v) is 3.93. The van der Waals surface area contributed by atoms with Crippen LogP contribution < -0.4 is 14.8 Å². The van der Waals surface area contributed by atoms with Gasteiger partial charge < -0.3 is 19.9 Å². The minimum atomic E-state index is -1.18. The Kier molecular flexibility index (Phi) is 6.00. The number of nitrogens with one attached hydrogen (secondary N) is 1. The number of carboxylic acids is 1. The zero-order chi connectivity index (χ0) is 15.8. The lowest BCUT2D eigenvalue weighted by Crippen LogP contribution is -2.12. The van der Waals surface area contributed by atoms with Crippen LogP contribution in [-0.2, 0) is 4.79 Å². The third-order valence-corrected chi connectivity index (χ3v) is 2.56. The Balaban J connectivity index is 3.15. The van der Waals surface area contributed by atoms with Gasteiger partial charge in [0.2, 0.25) is 5.91 Å². The fourth-order valence-corrected chi connectivity index (χ4v) is 1.59. The fraction of sp³-hybridized carbons (Fsp3) is 0.200. The number of rotatable bonds is 6. The van der Waals surface area contributed by atoms with Crippen LogP contribution in [0.2, 0.25) is 0 Å². The first kappa shape index (κ1) is 16.3. The Morgan fingerprint density at radius 2 is 1.76 bits per heavy atom. The van der Waals surface area contributed by atoms with Gasteiger partial charge in [-0.3, -0.25) is 4.79 Å². The van der Waals surface area contributed by atoms with Crippen molar-refractivity contribution in [2.24, 2.45) is 0 Å². The van der Waals surface area contributed by atoms with E-state index in [1.807, 2.05) is 6.92 Å². The van der Waals surface area contributed by atoms with Crippen LogP contribution in [0.15, 0.2) is 36.4 Å². The normalized spacial score (nSPS) is 10.8. The molecule has 0 aromatic heterocycles. The Morgan fingerprint density at radius 3 is 2.29 bits per heavy atom. The first-order chi connectivity index (χ1) is 10.0. The summed E-state index contributed by atoms with van der Waals surface area (Å²) in [6, 6.07) is 2.70. The highest BCUT2D eigenvalue weighted by molar-refractivity contribution is 6.05. The summed E-state index contributed by atoms with van der Waals surface area (Å²) in [5.74, 6) is -1.01. The topological polar surface area (TPSA) is 84.9 Å². The molecule has 0 aliphatic rings. The van der Waals surface area contributed by atoms with Gasteiger partial charge in [-0.15, -0.1) is 0 Å². The van der Waals surface area contributed by atoms with E-state index in [9.17, 15) is 14.7 Å². The van der Waals surface area contributed by atoms with Gasteiger partial charge in [-0.05, 0) is 6.92 Å². The number of hydrogen-bond donors (Lipinski definition) is 2. The molecular weight excluding hydrogens is 274 g/mol. The molecule has 0 radical (unpaired) electrons. The molecule has 0 aliphatic heterocycles. The van der Waals surface area contributed by atoms with Gasteiger partial charge in [-0.25, -0.2) is 4.79 Å². The van der Waals surface area contributed by atoms with Crippen LogP contribution in [0.5, 0.6) is 11.5 Å². The van der Waals surface area contributed by atoms with Gasteiger partial charge in [-0.1, -0.05) is 18.2 Å². The molecule has 0 unspecified atom stereocenters. The molecule has 0 heterocycles. The second-order valence-electron chi connectivity index (χ2n) is 3.93. The van der Waals surface area contributed by atoms with Crippen molar-refractivity contribution in [3.63, 3.8) is 0 Å². The van der Waals surface area contributed by atoms with E-state index in [1.165, 1.54) is 32.4 Å². The molecule has 0 saturated carbocycles. The van der Waals surface area contributed by atoms with Gasteiger partial charge in [0, 0.05) is 18.2 Å². The number of aromatic carboxylic acids is 1. The van der Waals surface area contributed by atoms with E-state index in [0.29, 0.717) is 5.75 Å².